The molecule has 5 nitrogen and oxygen atoms in total. The number of amides is 1. The SMILES string of the molecule is O=C(N[C@H]1CN2CCC1CC2)c1ccc2cccnc2n1. The number of carbonyl (C=O) groups is 1. The first-order valence-corrected chi connectivity index (χ1v) is 7.54. The molecule has 0 aromatic carbocycles. The molecule has 3 fully saturated rings. The van der Waals surface area contributed by atoms with Gasteiger partial charge in [0.25, 0.3) is 5.91 Å². The Morgan fingerprint density at radius 2 is 2.10 bits per heavy atom. The minimum absolute atomic E-state index is 0.0821. The first-order chi connectivity index (χ1) is 10.3. The van der Waals surface area contributed by atoms with Crippen molar-refractivity contribution in [3.05, 3.63) is 36.2 Å². The molecule has 1 amide bonds. The normalized spacial score (nSPS) is 27.7. The molecule has 2 aromatic heterocycles. The third-order valence-corrected chi connectivity index (χ3v) is 4.67. The highest BCUT2D eigenvalue weighted by Gasteiger charge is 2.35. The molecule has 0 radical (unpaired) electrons. The van der Waals surface area contributed by atoms with Crippen LogP contribution in [0, 0.1) is 5.92 Å². The van der Waals surface area contributed by atoms with Crippen molar-refractivity contribution in [3.63, 3.8) is 0 Å². The van der Waals surface area contributed by atoms with Gasteiger partial charge < -0.3 is 10.2 Å². The Labute approximate surface area is 123 Å². The molecule has 1 N–H and O–H groups in total. The fraction of sp³-hybridized carbons (Fsp3) is 0.438. The van der Waals surface area contributed by atoms with Gasteiger partial charge in [-0.3, -0.25) is 4.79 Å². The third-order valence-electron chi connectivity index (χ3n) is 4.67. The van der Waals surface area contributed by atoms with Gasteiger partial charge in [0.15, 0.2) is 5.65 Å². The molecule has 2 aromatic rings. The van der Waals surface area contributed by atoms with E-state index in [2.05, 4.69) is 20.2 Å². The van der Waals surface area contributed by atoms with E-state index in [1.165, 1.54) is 25.9 Å². The Bertz CT molecular complexity index is 679. The Morgan fingerprint density at radius 1 is 1.24 bits per heavy atom. The van der Waals surface area contributed by atoms with Crippen molar-refractivity contribution in [1.29, 1.82) is 0 Å². The maximum Gasteiger partial charge on any atom is 0.270 e. The number of aromatic nitrogens is 2. The monoisotopic (exact) mass is 282 g/mol. The lowest BCUT2D eigenvalue weighted by Gasteiger charge is -2.44. The van der Waals surface area contributed by atoms with Gasteiger partial charge in [-0.05, 0) is 56.1 Å². The van der Waals surface area contributed by atoms with Crippen LogP contribution in [0.2, 0.25) is 0 Å². The van der Waals surface area contributed by atoms with E-state index in [1.54, 1.807) is 12.3 Å². The molecule has 1 atom stereocenters. The second-order valence-corrected chi connectivity index (χ2v) is 5.96. The van der Waals surface area contributed by atoms with Crippen molar-refractivity contribution in [2.45, 2.75) is 18.9 Å². The largest absolute Gasteiger partial charge is 0.346 e. The van der Waals surface area contributed by atoms with Crippen LogP contribution in [-0.4, -0.2) is 46.5 Å². The van der Waals surface area contributed by atoms with Crippen LogP contribution in [0.1, 0.15) is 23.3 Å². The fourth-order valence-corrected chi connectivity index (χ4v) is 3.45. The van der Waals surface area contributed by atoms with Crippen molar-refractivity contribution in [2.75, 3.05) is 19.6 Å². The third kappa shape index (κ3) is 2.38. The average molecular weight is 282 g/mol. The number of carbonyl (C=O) groups excluding carboxylic acids is 1. The summed E-state index contributed by atoms with van der Waals surface area (Å²) < 4.78 is 0. The van der Waals surface area contributed by atoms with Crippen LogP contribution in [0.4, 0.5) is 0 Å². The highest BCUT2D eigenvalue weighted by atomic mass is 16.2. The van der Waals surface area contributed by atoms with E-state index in [1.807, 2.05) is 18.2 Å². The van der Waals surface area contributed by atoms with Gasteiger partial charge in [0, 0.05) is 24.2 Å². The van der Waals surface area contributed by atoms with Gasteiger partial charge in [-0.2, -0.15) is 0 Å². The predicted octanol–water partition coefficient (Wildman–Crippen LogP) is 1.45. The summed E-state index contributed by atoms with van der Waals surface area (Å²) in [4.78, 5) is 23.4. The molecule has 3 aliphatic heterocycles. The topological polar surface area (TPSA) is 58.1 Å². The molecule has 5 heterocycles. The first kappa shape index (κ1) is 12.7. The van der Waals surface area contributed by atoms with Crippen LogP contribution >= 0.6 is 0 Å². The van der Waals surface area contributed by atoms with Crippen molar-refractivity contribution in [1.82, 2.24) is 20.2 Å². The van der Waals surface area contributed by atoms with Gasteiger partial charge in [-0.25, -0.2) is 9.97 Å². The van der Waals surface area contributed by atoms with E-state index in [0.29, 0.717) is 17.3 Å². The van der Waals surface area contributed by atoms with Gasteiger partial charge in [0.2, 0.25) is 0 Å². The lowest BCUT2D eigenvalue weighted by atomic mass is 9.84. The summed E-state index contributed by atoms with van der Waals surface area (Å²) in [5.41, 5.74) is 1.08. The summed E-state index contributed by atoms with van der Waals surface area (Å²) in [5, 5.41) is 4.12. The van der Waals surface area contributed by atoms with Gasteiger partial charge in [0.1, 0.15) is 5.69 Å². The number of pyridine rings is 2. The molecule has 0 aliphatic carbocycles. The highest BCUT2D eigenvalue weighted by molar-refractivity contribution is 5.94. The molecule has 5 heteroatoms. The first-order valence-electron chi connectivity index (χ1n) is 7.54. The van der Waals surface area contributed by atoms with E-state index < -0.39 is 0 Å². The maximum absolute atomic E-state index is 12.4. The van der Waals surface area contributed by atoms with Gasteiger partial charge in [-0.15, -0.1) is 0 Å². The second kappa shape index (κ2) is 5.07. The minimum atomic E-state index is -0.0821. The van der Waals surface area contributed by atoms with Gasteiger partial charge in [-0.1, -0.05) is 0 Å². The van der Waals surface area contributed by atoms with Crippen LogP contribution in [0.5, 0.6) is 0 Å². The Kier molecular flexibility index (Phi) is 3.07. The molecule has 5 rings (SSSR count). The quantitative estimate of drug-likeness (QED) is 0.906. The van der Waals surface area contributed by atoms with Crippen LogP contribution < -0.4 is 5.32 Å². The molecule has 0 unspecified atom stereocenters. The summed E-state index contributed by atoms with van der Waals surface area (Å²) in [7, 11) is 0. The number of piperidine rings is 3. The Balaban J connectivity index is 1.53. The number of rotatable bonds is 2. The predicted molar refractivity (Wildman–Crippen MR) is 80.0 cm³/mol. The number of nitrogens with one attached hydrogen (secondary N) is 1. The minimum Gasteiger partial charge on any atom is -0.346 e. The zero-order valence-corrected chi connectivity index (χ0v) is 11.8. The molecule has 21 heavy (non-hydrogen) atoms. The number of fused-ring (bicyclic) bond motifs is 4. The number of hydrogen-bond donors (Lipinski definition) is 1. The smallest absolute Gasteiger partial charge is 0.270 e. The molecular formula is C16H18N4O. The Morgan fingerprint density at radius 3 is 2.86 bits per heavy atom. The molecule has 3 aliphatic rings. The molecule has 0 spiro atoms. The summed E-state index contributed by atoms with van der Waals surface area (Å²) in [6, 6.07) is 7.77. The molecular weight excluding hydrogens is 264 g/mol. The number of hydrogen-bond acceptors (Lipinski definition) is 4. The number of nitrogens with zero attached hydrogens (tertiary/aromatic N) is 3. The standard InChI is InChI=1S/C16H18N4O/c21-16(19-14-10-20-8-5-11(14)6-9-20)13-4-3-12-2-1-7-17-15(12)18-13/h1-4,7,11,14H,5-6,8-10H2,(H,19,21)/t14-/m0/s1. The molecule has 2 bridgehead atoms. The average Bonchev–Trinajstić information content (AvgIpc) is 2.55. The van der Waals surface area contributed by atoms with Crippen molar-refractivity contribution in [2.24, 2.45) is 5.92 Å². The zero-order valence-electron chi connectivity index (χ0n) is 11.8. The van der Waals surface area contributed by atoms with E-state index in [4.69, 9.17) is 0 Å². The van der Waals surface area contributed by atoms with Crippen molar-refractivity contribution >= 4 is 16.9 Å². The second-order valence-electron chi connectivity index (χ2n) is 5.96. The van der Waals surface area contributed by atoms with Crippen LogP contribution in [0.25, 0.3) is 11.0 Å². The van der Waals surface area contributed by atoms with Crippen LogP contribution in [0.3, 0.4) is 0 Å². The van der Waals surface area contributed by atoms with Crippen LogP contribution in [0.15, 0.2) is 30.5 Å². The molecule has 3 saturated heterocycles. The summed E-state index contributed by atoms with van der Waals surface area (Å²) in [5.74, 6) is 0.541. The summed E-state index contributed by atoms with van der Waals surface area (Å²) in [6.07, 6.45) is 4.08. The van der Waals surface area contributed by atoms with Crippen molar-refractivity contribution in [3.8, 4) is 0 Å². The van der Waals surface area contributed by atoms with Gasteiger partial charge in [0.05, 0.1) is 0 Å². The fourth-order valence-electron chi connectivity index (χ4n) is 3.45. The van der Waals surface area contributed by atoms with E-state index in [9.17, 15) is 4.79 Å². The lowest BCUT2D eigenvalue weighted by molar-refractivity contribution is 0.0618. The van der Waals surface area contributed by atoms with E-state index in [0.717, 1.165) is 11.9 Å². The summed E-state index contributed by atoms with van der Waals surface area (Å²) >= 11 is 0. The highest BCUT2D eigenvalue weighted by Crippen LogP contribution is 2.27. The van der Waals surface area contributed by atoms with E-state index in [-0.39, 0.29) is 11.9 Å². The van der Waals surface area contributed by atoms with Crippen LogP contribution in [-0.2, 0) is 0 Å². The van der Waals surface area contributed by atoms with Crippen molar-refractivity contribution < 1.29 is 4.79 Å². The van der Waals surface area contributed by atoms with E-state index >= 15 is 0 Å². The maximum atomic E-state index is 12.4. The lowest BCUT2D eigenvalue weighted by Crippen LogP contribution is -2.57. The summed E-state index contributed by atoms with van der Waals surface area (Å²) in [6.45, 7) is 3.33. The molecule has 0 saturated carbocycles. The molecule has 108 valence electrons. The Hall–Kier alpha value is -2.01. The zero-order chi connectivity index (χ0) is 14.2. The van der Waals surface area contributed by atoms with Gasteiger partial charge >= 0.3 is 0 Å².